The molecule has 3 aromatic rings. The molecule has 1 saturated carbocycles. The van der Waals surface area contributed by atoms with E-state index in [0.717, 1.165) is 22.8 Å². The number of nitrogens with one attached hydrogen (secondary N) is 2. The summed E-state index contributed by atoms with van der Waals surface area (Å²) in [6.45, 7) is 0.598. The van der Waals surface area contributed by atoms with Crippen LogP contribution in [0.3, 0.4) is 0 Å². The second-order valence-corrected chi connectivity index (χ2v) is 7.09. The number of hydrogen-bond donors (Lipinski definition) is 2. The van der Waals surface area contributed by atoms with E-state index in [1.54, 1.807) is 6.26 Å². The standard InChI is InChI=1S/C22H26N4O/c1-2-7-12-18(11-6-1)24-22-25-20(17-9-4-3-5-10-17)15-21(26-22)23-16-19-13-8-14-27-19/h3-5,8-10,13-15,18H,1-2,6-7,11-12,16H2,(H2,23,24,25,26). The maximum Gasteiger partial charge on any atom is 0.225 e. The lowest BCUT2D eigenvalue weighted by Gasteiger charge is -2.17. The van der Waals surface area contributed by atoms with Crippen molar-refractivity contribution in [2.24, 2.45) is 0 Å². The first-order chi connectivity index (χ1) is 13.4. The van der Waals surface area contributed by atoms with Crippen LogP contribution in [-0.2, 0) is 6.54 Å². The molecule has 0 amide bonds. The maximum atomic E-state index is 5.41. The zero-order valence-corrected chi connectivity index (χ0v) is 15.5. The van der Waals surface area contributed by atoms with Crippen molar-refractivity contribution >= 4 is 11.8 Å². The molecule has 1 aliphatic carbocycles. The van der Waals surface area contributed by atoms with E-state index in [0.29, 0.717) is 18.5 Å². The van der Waals surface area contributed by atoms with Gasteiger partial charge >= 0.3 is 0 Å². The van der Waals surface area contributed by atoms with Crippen LogP contribution in [0.2, 0.25) is 0 Å². The van der Waals surface area contributed by atoms with Crippen LogP contribution in [0.4, 0.5) is 11.8 Å². The van der Waals surface area contributed by atoms with Crippen molar-refractivity contribution in [2.75, 3.05) is 10.6 Å². The van der Waals surface area contributed by atoms with Crippen LogP contribution in [0, 0.1) is 0 Å². The van der Waals surface area contributed by atoms with Crippen LogP contribution < -0.4 is 10.6 Å². The van der Waals surface area contributed by atoms with E-state index >= 15 is 0 Å². The first-order valence-electron chi connectivity index (χ1n) is 9.84. The van der Waals surface area contributed by atoms with Gasteiger partial charge in [-0.25, -0.2) is 4.98 Å². The van der Waals surface area contributed by atoms with Gasteiger partial charge in [-0.2, -0.15) is 4.98 Å². The largest absolute Gasteiger partial charge is 0.467 e. The third kappa shape index (κ3) is 4.88. The number of anilines is 2. The van der Waals surface area contributed by atoms with E-state index in [2.05, 4.69) is 22.8 Å². The second kappa shape index (κ2) is 8.71. The summed E-state index contributed by atoms with van der Waals surface area (Å²) >= 11 is 0. The SMILES string of the molecule is c1ccc(-c2cc(NCc3ccco3)nc(NC3CCCCCC3)n2)cc1. The zero-order valence-electron chi connectivity index (χ0n) is 15.5. The number of hydrogen-bond acceptors (Lipinski definition) is 5. The highest BCUT2D eigenvalue weighted by atomic mass is 16.3. The monoisotopic (exact) mass is 362 g/mol. The molecule has 5 heteroatoms. The van der Waals surface area contributed by atoms with Crippen molar-refractivity contribution in [1.29, 1.82) is 0 Å². The predicted molar refractivity (Wildman–Crippen MR) is 109 cm³/mol. The van der Waals surface area contributed by atoms with Crippen LogP contribution in [0.25, 0.3) is 11.3 Å². The van der Waals surface area contributed by atoms with Gasteiger partial charge in [0.2, 0.25) is 5.95 Å². The van der Waals surface area contributed by atoms with E-state index in [9.17, 15) is 0 Å². The molecular formula is C22H26N4O. The molecule has 0 radical (unpaired) electrons. The van der Waals surface area contributed by atoms with Gasteiger partial charge < -0.3 is 15.1 Å². The average molecular weight is 362 g/mol. The number of rotatable bonds is 6. The maximum absolute atomic E-state index is 5.41. The summed E-state index contributed by atoms with van der Waals surface area (Å²) in [5.41, 5.74) is 2.01. The van der Waals surface area contributed by atoms with Crippen molar-refractivity contribution in [3.63, 3.8) is 0 Å². The fourth-order valence-electron chi connectivity index (χ4n) is 3.56. The summed E-state index contributed by atoms with van der Waals surface area (Å²) in [6.07, 6.45) is 9.28. The number of furan rings is 1. The molecule has 1 fully saturated rings. The minimum Gasteiger partial charge on any atom is -0.467 e. The summed E-state index contributed by atoms with van der Waals surface area (Å²) in [7, 11) is 0. The molecule has 4 rings (SSSR count). The van der Waals surface area contributed by atoms with Gasteiger partial charge in [0, 0.05) is 17.7 Å². The quantitative estimate of drug-likeness (QED) is 0.568. The third-order valence-electron chi connectivity index (χ3n) is 5.01. The van der Waals surface area contributed by atoms with Crippen LogP contribution >= 0.6 is 0 Å². The van der Waals surface area contributed by atoms with E-state index in [1.165, 1.54) is 38.5 Å². The van der Waals surface area contributed by atoms with E-state index in [4.69, 9.17) is 14.4 Å². The fraction of sp³-hybridized carbons (Fsp3) is 0.364. The Morgan fingerprint density at radius 3 is 2.48 bits per heavy atom. The van der Waals surface area contributed by atoms with E-state index in [-0.39, 0.29) is 0 Å². The Balaban J connectivity index is 1.57. The highest BCUT2D eigenvalue weighted by Crippen LogP contribution is 2.24. The Kier molecular flexibility index (Phi) is 5.67. The topological polar surface area (TPSA) is 63.0 Å². The molecule has 2 N–H and O–H groups in total. The van der Waals surface area contributed by atoms with Crippen molar-refractivity contribution in [1.82, 2.24) is 9.97 Å². The van der Waals surface area contributed by atoms with Crippen molar-refractivity contribution in [2.45, 2.75) is 51.1 Å². The first kappa shape index (κ1) is 17.6. The van der Waals surface area contributed by atoms with Crippen molar-refractivity contribution in [3.05, 3.63) is 60.6 Å². The van der Waals surface area contributed by atoms with Crippen molar-refractivity contribution in [3.8, 4) is 11.3 Å². The Hall–Kier alpha value is -2.82. The van der Waals surface area contributed by atoms with Gasteiger partial charge in [0.15, 0.2) is 0 Å². The molecule has 1 aromatic carbocycles. The lowest BCUT2D eigenvalue weighted by atomic mass is 10.1. The van der Waals surface area contributed by atoms with Crippen LogP contribution in [0.15, 0.2) is 59.2 Å². The molecule has 0 spiro atoms. The minimum atomic E-state index is 0.455. The molecule has 140 valence electrons. The molecule has 27 heavy (non-hydrogen) atoms. The van der Waals surface area contributed by atoms with E-state index in [1.807, 2.05) is 36.4 Å². The van der Waals surface area contributed by atoms with Crippen LogP contribution in [-0.4, -0.2) is 16.0 Å². The summed E-state index contributed by atoms with van der Waals surface area (Å²) in [4.78, 5) is 9.50. The molecule has 2 heterocycles. The Labute approximate surface area is 160 Å². The third-order valence-corrected chi connectivity index (χ3v) is 5.01. The second-order valence-electron chi connectivity index (χ2n) is 7.09. The number of benzene rings is 1. The molecule has 0 unspecified atom stereocenters. The molecule has 0 atom stereocenters. The first-order valence-corrected chi connectivity index (χ1v) is 9.84. The summed E-state index contributed by atoms with van der Waals surface area (Å²) < 4.78 is 5.41. The van der Waals surface area contributed by atoms with Crippen LogP contribution in [0.5, 0.6) is 0 Å². The molecule has 0 aliphatic heterocycles. The van der Waals surface area contributed by atoms with Crippen LogP contribution in [0.1, 0.15) is 44.3 Å². The summed E-state index contributed by atoms with van der Waals surface area (Å²) in [5.74, 6) is 2.38. The van der Waals surface area contributed by atoms with Gasteiger partial charge in [-0.05, 0) is 25.0 Å². The molecule has 5 nitrogen and oxygen atoms in total. The van der Waals surface area contributed by atoms with Gasteiger partial charge in [-0.3, -0.25) is 0 Å². The smallest absolute Gasteiger partial charge is 0.225 e. The molecule has 0 saturated heterocycles. The molecule has 1 aliphatic rings. The van der Waals surface area contributed by atoms with Gasteiger partial charge in [-0.1, -0.05) is 56.0 Å². The zero-order chi connectivity index (χ0) is 18.3. The summed E-state index contributed by atoms with van der Waals surface area (Å²) in [6, 6.07) is 16.5. The highest BCUT2D eigenvalue weighted by molar-refractivity contribution is 5.64. The average Bonchev–Trinajstić information content (AvgIpc) is 3.11. The van der Waals surface area contributed by atoms with Crippen molar-refractivity contribution < 1.29 is 4.42 Å². The Bertz CT molecular complexity index is 825. The van der Waals surface area contributed by atoms with Gasteiger partial charge in [-0.15, -0.1) is 0 Å². The van der Waals surface area contributed by atoms with E-state index < -0.39 is 0 Å². The Morgan fingerprint density at radius 2 is 1.74 bits per heavy atom. The molecular weight excluding hydrogens is 336 g/mol. The summed E-state index contributed by atoms with van der Waals surface area (Å²) in [5, 5.41) is 6.94. The van der Waals surface area contributed by atoms with Gasteiger partial charge in [0.1, 0.15) is 11.6 Å². The van der Waals surface area contributed by atoms with Gasteiger partial charge in [0.25, 0.3) is 0 Å². The van der Waals surface area contributed by atoms with Gasteiger partial charge in [0.05, 0.1) is 18.5 Å². The fourth-order valence-corrected chi connectivity index (χ4v) is 3.56. The predicted octanol–water partition coefficient (Wildman–Crippen LogP) is 5.48. The lowest BCUT2D eigenvalue weighted by Crippen LogP contribution is -2.20. The minimum absolute atomic E-state index is 0.455. The normalized spacial score (nSPS) is 15.3. The molecule has 2 aromatic heterocycles. The number of aromatic nitrogens is 2. The highest BCUT2D eigenvalue weighted by Gasteiger charge is 2.15. The molecule has 0 bridgehead atoms. The Morgan fingerprint density at radius 1 is 0.926 bits per heavy atom. The number of nitrogens with zero attached hydrogens (tertiary/aromatic N) is 2. The lowest BCUT2D eigenvalue weighted by molar-refractivity contribution is 0.518.